The Morgan fingerprint density at radius 3 is 2.42 bits per heavy atom. The smallest absolute Gasteiger partial charge is 0.264 e. The van der Waals surface area contributed by atoms with Crippen molar-refractivity contribution in [2.45, 2.75) is 90.8 Å². The van der Waals surface area contributed by atoms with E-state index in [9.17, 15) is 4.79 Å². The number of unbranched alkanes of at least 4 members (excludes halogenated alkanes) is 1. The molecule has 3 nitrogen and oxygen atoms in total. The van der Waals surface area contributed by atoms with Gasteiger partial charge < -0.3 is 10.2 Å². The van der Waals surface area contributed by atoms with Gasteiger partial charge in [-0.05, 0) is 70.4 Å². The number of hydrogen-bond acceptors (Lipinski definition) is 3. The molecule has 136 valence electrons. The van der Waals surface area contributed by atoms with Crippen molar-refractivity contribution in [2.75, 3.05) is 6.54 Å². The minimum atomic E-state index is 0.0558. The summed E-state index contributed by atoms with van der Waals surface area (Å²) in [5.41, 5.74) is 1.30. The predicted molar refractivity (Wildman–Crippen MR) is 104 cm³/mol. The summed E-state index contributed by atoms with van der Waals surface area (Å²) in [6.45, 7) is 14.2. The predicted octanol–water partition coefficient (Wildman–Crippen LogP) is 4.86. The quantitative estimate of drug-likeness (QED) is 0.794. The molecule has 0 bridgehead atoms. The van der Waals surface area contributed by atoms with Crippen LogP contribution in [0.1, 0.15) is 82.5 Å². The molecule has 0 spiro atoms. The molecule has 2 heterocycles. The number of carbonyl (C=O) groups is 1. The summed E-state index contributed by atoms with van der Waals surface area (Å²) in [5, 5.41) is 5.79. The third-order valence-electron chi connectivity index (χ3n) is 4.94. The van der Waals surface area contributed by atoms with Crippen LogP contribution in [0.15, 0.2) is 11.4 Å². The zero-order valence-electron chi connectivity index (χ0n) is 16.2. The highest BCUT2D eigenvalue weighted by Gasteiger charge is 2.41. The van der Waals surface area contributed by atoms with Crippen molar-refractivity contribution in [2.24, 2.45) is 0 Å². The first-order valence-electron chi connectivity index (χ1n) is 9.36. The first-order valence-corrected chi connectivity index (χ1v) is 10.2. The van der Waals surface area contributed by atoms with Crippen molar-refractivity contribution in [3.8, 4) is 0 Å². The van der Waals surface area contributed by atoms with Gasteiger partial charge in [-0.2, -0.15) is 0 Å². The van der Waals surface area contributed by atoms with E-state index in [2.05, 4.69) is 63.2 Å². The van der Waals surface area contributed by atoms with E-state index in [1.54, 1.807) is 11.3 Å². The van der Waals surface area contributed by atoms with Gasteiger partial charge in [-0.25, -0.2) is 0 Å². The number of aryl methyl sites for hydroxylation is 1. The molecule has 24 heavy (non-hydrogen) atoms. The van der Waals surface area contributed by atoms with Gasteiger partial charge >= 0.3 is 0 Å². The van der Waals surface area contributed by atoms with Crippen LogP contribution in [0, 0.1) is 0 Å². The molecule has 4 heteroatoms. The molecule has 0 unspecified atom stereocenters. The maximum atomic E-state index is 13.3. The molecule has 1 fully saturated rings. The van der Waals surface area contributed by atoms with Gasteiger partial charge in [0.25, 0.3) is 5.91 Å². The van der Waals surface area contributed by atoms with E-state index in [-0.39, 0.29) is 17.0 Å². The largest absolute Gasteiger partial charge is 0.335 e. The first-order chi connectivity index (χ1) is 11.2. The fourth-order valence-corrected chi connectivity index (χ4v) is 5.15. The van der Waals surface area contributed by atoms with E-state index in [4.69, 9.17) is 0 Å². The van der Waals surface area contributed by atoms with E-state index in [0.717, 1.165) is 43.5 Å². The number of nitrogens with zero attached hydrogens (tertiary/aromatic N) is 1. The Labute approximate surface area is 151 Å². The third-order valence-corrected chi connectivity index (χ3v) is 5.89. The first kappa shape index (κ1) is 19.5. The highest BCUT2D eigenvalue weighted by atomic mass is 32.1. The number of rotatable bonds is 6. The second-order valence-electron chi connectivity index (χ2n) is 8.44. The van der Waals surface area contributed by atoms with Crippen LogP contribution in [0.5, 0.6) is 0 Å². The van der Waals surface area contributed by atoms with Crippen LogP contribution in [-0.2, 0) is 6.42 Å². The van der Waals surface area contributed by atoms with Gasteiger partial charge in [0.2, 0.25) is 0 Å². The van der Waals surface area contributed by atoms with Gasteiger partial charge in [-0.1, -0.05) is 20.3 Å². The molecular weight excluding hydrogens is 316 g/mol. The summed E-state index contributed by atoms with van der Waals surface area (Å²) in [4.78, 5) is 16.5. The lowest BCUT2D eigenvalue weighted by atomic mass is 9.79. The summed E-state index contributed by atoms with van der Waals surface area (Å²) < 4.78 is 0. The van der Waals surface area contributed by atoms with Gasteiger partial charge in [0.15, 0.2) is 0 Å². The number of hydrogen-bond donors (Lipinski definition) is 1. The van der Waals surface area contributed by atoms with E-state index in [0.29, 0.717) is 6.04 Å². The van der Waals surface area contributed by atoms with Crippen LogP contribution in [0.2, 0.25) is 0 Å². The zero-order valence-corrected chi connectivity index (χ0v) is 17.1. The Balaban J connectivity index is 2.29. The second kappa shape index (κ2) is 7.57. The number of carbonyl (C=O) groups excluding carboxylic acids is 1. The molecule has 1 amide bonds. The molecule has 0 saturated carbocycles. The van der Waals surface area contributed by atoms with Crippen molar-refractivity contribution in [1.29, 1.82) is 0 Å². The van der Waals surface area contributed by atoms with Crippen molar-refractivity contribution in [3.63, 3.8) is 0 Å². The van der Waals surface area contributed by atoms with Crippen LogP contribution in [0.25, 0.3) is 0 Å². The molecule has 0 radical (unpaired) electrons. The van der Waals surface area contributed by atoms with Gasteiger partial charge in [-0.3, -0.25) is 4.79 Å². The lowest BCUT2D eigenvalue weighted by Gasteiger charge is -2.49. The second-order valence-corrected chi connectivity index (χ2v) is 9.35. The van der Waals surface area contributed by atoms with Crippen molar-refractivity contribution in [3.05, 3.63) is 21.9 Å². The molecule has 2 rings (SSSR count). The standard InChI is InChI=1S/C20H34N2OS/c1-7-9-11-22(18(23)17-15(8-2)10-12-24-17)16-13-19(3,4)21-20(5,6)14-16/h10,12,16,21H,7-9,11,13-14H2,1-6H3. The Kier molecular flexibility index (Phi) is 6.14. The topological polar surface area (TPSA) is 32.3 Å². The monoisotopic (exact) mass is 350 g/mol. The molecular formula is C20H34N2OS. The van der Waals surface area contributed by atoms with Crippen LogP contribution in [0.3, 0.4) is 0 Å². The van der Waals surface area contributed by atoms with Crippen LogP contribution in [0.4, 0.5) is 0 Å². The molecule has 0 aromatic carbocycles. The van der Waals surface area contributed by atoms with Gasteiger partial charge in [0, 0.05) is 23.7 Å². The number of thiophene rings is 1. The van der Waals surface area contributed by atoms with E-state index >= 15 is 0 Å². The SMILES string of the molecule is CCCCN(C(=O)c1sccc1CC)C1CC(C)(C)NC(C)(C)C1. The Morgan fingerprint density at radius 1 is 1.25 bits per heavy atom. The molecule has 0 atom stereocenters. The van der Waals surface area contributed by atoms with E-state index < -0.39 is 0 Å². The fraction of sp³-hybridized carbons (Fsp3) is 0.750. The van der Waals surface area contributed by atoms with E-state index in [1.165, 1.54) is 5.56 Å². The minimum absolute atomic E-state index is 0.0558. The molecule has 1 saturated heterocycles. The summed E-state index contributed by atoms with van der Waals surface area (Å²) in [6, 6.07) is 2.41. The third kappa shape index (κ3) is 4.60. The maximum Gasteiger partial charge on any atom is 0.264 e. The normalized spacial score (nSPS) is 20.1. The lowest BCUT2D eigenvalue weighted by molar-refractivity contribution is 0.0445. The molecule has 1 N–H and O–H groups in total. The van der Waals surface area contributed by atoms with E-state index in [1.807, 2.05) is 0 Å². The van der Waals surface area contributed by atoms with Crippen molar-refractivity contribution in [1.82, 2.24) is 10.2 Å². The summed E-state index contributed by atoms with van der Waals surface area (Å²) >= 11 is 1.60. The Hall–Kier alpha value is -0.870. The minimum Gasteiger partial charge on any atom is -0.335 e. The average molecular weight is 351 g/mol. The molecule has 1 aliphatic rings. The summed E-state index contributed by atoms with van der Waals surface area (Å²) in [5.74, 6) is 0.244. The number of amides is 1. The number of nitrogens with one attached hydrogen (secondary N) is 1. The number of piperidine rings is 1. The van der Waals surface area contributed by atoms with Crippen LogP contribution >= 0.6 is 11.3 Å². The van der Waals surface area contributed by atoms with Gasteiger partial charge in [0.05, 0.1) is 4.88 Å². The average Bonchev–Trinajstić information content (AvgIpc) is 2.92. The summed E-state index contributed by atoms with van der Waals surface area (Å²) in [6.07, 6.45) is 5.14. The Bertz CT molecular complexity index is 546. The highest BCUT2D eigenvalue weighted by Crippen LogP contribution is 2.33. The fourth-order valence-electron chi connectivity index (χ4n) is 4.20. The molecule has 1 aromatic heterocycles. The molecule has 1 aromatic rings. The van der Waals surface area contributed by atoms with Crippen molar-refractivity contribution < 1.29 is 4.79 Å². The van der Waals surface area contributed by atoms with Gasteiger partial charge in [0.1, 0.15) is 0 Å². The summed E-state index contributed by atoms with van der Waals surface area (Å²) in [7, 11) is 0. The van der Waals surface area contributed by atoms with Crippen molar-refractivity contribution >= 4 is 17.2 Å². The van der Waals surface area contributed by atoms with Crippen LogP contribution < -0.4 is 5.32 Å². The Morgan fingerprint density at radius 2 is 1.88 bits per heavy atom. The highest BCUT2D eigenvalue weighted by molar-refractivity contribution is 7.12. The molecule has 1 aliphatic heterocycles. The van der Waals surface area contributed by atoms with Gasteiger partial charge in [-0.15, -0.1) is 11.3 Å². The zero-order chi connectivity index (χ0) is 18.0. The molecule has 0 aliphatic carbocycles. The maximum absolute atomic E-state index is 13.3. The van der Waals surface area contributed by atoms with Crippen LogP contribution in [-0.4, -0.2) is 34.5 Å². The lowest BCUT2D eigenvalue weighted by Crippen LogP contribution is -2.62.